The van der Waals surface area contributed by atoms with Crippen molar-refractivity contribution in [3.05, 3.63) is 41.5 Å². The van der Waals surface area contributed by atoms with Crippen LogP contribution < -0.4 is 5.32 Å². The van der Waals surface area contributed by atoms with Gasteiger partial charge in [0.15, 0.2) is 0 Å². The Balaban J connectivity index is 2.16. The van der Waals surface area contributed by atoms with Crippen molar-refractivity contribution < 1.29 is 14.7 Å². The summed E-state index contributed by atoms with van der Waals surface area (Å²) >= 11 is 0. The Labute approximate surface area is 115 Å². The van der Waals surface area contributed by atoms with E-state index in [1.54, 1.807) is 17.9 Å². The van der Waals surface area contributed by atoms with E-state index < -0.39 is 5.97 Å². The molecule has 2 aromatic rings. The molecule has 0 radical (unpaired) electrons. The summed E-state index contributed by atoms with van der Waals surface area (Å²) in [6, 6.07) is 2.83. The number of pyridine rings is 1. The number of carbonyl (C=O) groups is 2. The number of amides is 1. The lowest BCUT2D eigenvalue weighted by Crippen LogP contribution is -2.13. The number of rotatable bonds is 4. The molecule has 2 aromatic heterocycles. The van der Waals surface area contributed by atoms with Gasteiger partial charge in [-0.25, -0.2) is 9.78 Å². The zero-order valence-corrected chi connectivity index (χ0v) is 11.1. The highest BCUT2D eigenvalue weighted by molar-refractivity contribution is 6.04. The number of nitrogens with zero attached hydrogens (tertiary/aromatic N) is 3. The van der Waals surface area contributed by atoms with E-state index in [1.165, 1.54) is 18.3 Å². The maximum absolute atomic E-state index is 12.1. The quantitative estimate of drug-likeness (QED) is 0.876. The molecule has 0 aliphatic carbocycles. The van der Waals surface area contributed by atoms with Gasteiger partial charge in [0, 0.05) is 13.2 Å². The number of anilines is 1. The molecule has 20 heavy (non-hydrogen) atoms. The molecule has 7 heteroatoms. The lowest BCUT2D eigenvalue weighted by Gasteiger charge is -2.04. The number of aryl methyl sites for hydroxylation is 2. The fourth-order valence-corrected chi connectivity index (χ4v) is 1.78. The van der Waals surface area contributed by atoms with Crippen molar-refractivity contribution in [3.8, 4) is 0 Å². The molecule has 0 atom stereocenters. The summed E-state index contributed by atoms with van der Waals surface area (Å²) in [6.45, 7) is 1.92. The van der Waals surface area contributed by atoms with Crippen LogP contribution in [0.2, 0.25) is 0 Å². The topological polar surface area (TPSA) is 97.1 Å². The highest BCUT2D eigenvalue weighted by Gasteiger charge is 2.14. The second kappa shape index (κ2) is 5.52. The van der Waals surface area contributed by atoms with Gasteiger partial charge in [-0.05, 0) is 18.6 Å². The van der Waals surface area contributed by atoms with E-state index in [-0.39, 0.29) is 11.6 Å². The molecular weight excluding hydrogens is 260 g/mol. The zero-order valence-electron chi connectivity index (χ0n) is 11.1. The maximum Gasteiger partial charge on any atom is 0.354 e. The molecule has 104 valence electrons. The summed E-state index contributed by atoms with van der Waals surface area (Å²) in [5.41, 5.74) is 1.57. The highest BCUT2D eigenvalue weighted by Crippen LogP contribution is 2.12. The molecule has 1 amide bonds. The molecule has 0 aliphatic heterocycles. The van der Waals surface area contributed by atoms with Gasteiger partial charge in [-0.15, -0.1) is 0 Å². The minimum atomic E-state index is -1.11. The summed E-state index contributed by atoms with van der Waals surface area (Å²) < 4.78 is 1.58. The Morgan fingerprint density at radius 3 is 2.70 bits per heavy atom. The van der Waals surface area contributed by atoms with Crippen molar-refractivity contribution in [3.63, 3.8) is 0 Å². The number of hydrogen-bond acceptors (Lipinski definition) is 4. The molecule has 0 fully saturated rings. The van der Waals surface area contributed by atoms with Crippen LogP contribution in [0.5, 0.6) is 0 Å². The van der Waals surface area contributed by atoms with Gasteiger partial charge in [-0.1, -0.05) is 6.92 Å². The standard InChI is InChI=1S/C13H14N4O3/c1-3-10-9(7-17(2)16-10)12(18)15-8-4-5-11(13(19)20)14-6-8/h4-7H,3H2,1-2H3,(H,15,18)(H,19,20). The largest absolute Gasteiger partial charge is 0.477 e. The van der Waals surface area contributed by atoms with Crippen molar-refractivity contribution in [2.45, 2.75) is 13.3 Å². The summed E-state index contributed by atoms with van der Waals surface area (Å²) in [5, 5.41) is 15.6. The Hall–Kier alpha value is -2.70. The van der Waals surface area contributed by atoms with Crippen LogP contribution in [0.25, 0.3) is 0 Å². The Kier molecular flexibility index (Phi) is 3.79. The molecule has 7 nitrogen and oxygen atoms in total. The van der Waals surface area contributed by atoms with E-state index in [0.29, 0.717) is 23.4 Å². The molecule has 2 rings (SSSR count). The first kappa shape index (κ1) is 13.7. The smallest absolute Gasteiger partial charge is 0.354 e. The predicted molar refractivity (Wildman–Crippen MR) is 71.7 cm³/mol. The fraction of sp³-hybridized carbons (Fsp3) is 0.231. The zero-order chi connectivity index (χ0) is 14.7. The number of hydrogen-bond donors (Lipinski definition) is 2. The number of carboxylic acid groups (broad SMARTS) is 1. The Morgan fingerprint density at radius 2 is 2.15 bits per heavy atom. The minimum absolute atomic E-state index is 0.0707. The number of carbonyl (C=O) groups excluding carboxylic acids is 1. The average Bonchev–Trinajstić information content (AvgIpc) is 2.80. The third-order valence-electron chi connectivity index (χ3n) is 2.73. The van der Waals surface area contributed by atoms with E-state index in [1.807, 2.05) is 6.92 Å². The van der Waals surface area contributed by atoms with Crippen LogP contribution in [0.1, 0.15) is 33.5 Å². The van der Waals surface area contributed by atoms with Crippen molar-refractivity contribution in [2.75, 3.05) is 5.32 Å². The van der Waals surface area contributed by atoms with Gasteiger partial charge in [-0.3, -0.25) is 9.48 Å². The first-order chi connectivity index (χ1) is 9.51. The molecule has 0 saturated heterocycles. The predicted octanol–water partition coefficient (Wildman–Crippen LogP) is 1.33. The lowest BCUT2D eigenvalue weighted by atomic mass is 10.2. The van der Waals surface area contributed by atoms with E-state index in [4.69, 9.17) is 5.11 Å². The number of carboxylic acids is 1. The first-order valence-electron chi connectivity index (χ1n) is 6.04. The normalized spacial score (nSPS) is 10.3. The van der Waals surface area contributed by atoms with Gasteiger partial charge in [0.05, 0.1) is 23.1 Å². The third kappa shape index (κ3) is 2.82. The van der Waals surface area contributed by atoms with Crippen LogP contribution in [-0.4, -0.2) is 31.7 Å². The molecule has 0 unspecified atom stereocenters. The van der Waals surface area contributed by atoms with E-state index >= 15 is 0 Å². The van der Waals surface area contributed by atoms with Gasteiger partial charge in [0.25, 0.3) is 5.91 Å². The van der Waals surface area contributed by atoms with Gasteiger partial charge >= 0.3 is 5.97 Å². The Morgan fingerprint density at radius 1 is 1.40 bits per heavy atom. The summed E-state index contributed by atoms with van der Waals surface area (Å²) in [6.07, 6.45) is 3.61. The molecule has 2 heterocycles. The minimum Gasteiger partial charge on any atom is -0.477 e. The molecule has 0 aliphatic rings. The first-order valence-corrected chi connectivity index (χ1v) is 6.04. The van der Waals surface area contributed by atoms with Crippen LogP contribution in [0.3, 0.4) is 0 Å². The molecule has 0 spiro atoms. The number of nitrogens with one attached hydrogen (secondary N) is 1. The van der Waals surface area contributed by atoms with E-state index in [0.717, 1.165) is 0 Å². The van der Waals surface area contributed by atoms with Crippen LogP contribution in [-0.2, 0) is 13.5 Å². The number of aromatic nitrogens is 3. The van der Waals surface area contributed by atoms with Crippen LogP contribution >= 0.6 is 0 Å². The van der Waals surface area contributed by atoms with Crippen molar-refractivity contribution in [1.82, 2.24) is 14.8 Å². The van der Waals surface area contributed by atoms with Crippen molar-refractivity contribution >= 4 is 17.6 Å². The molecule has 0 bridgehead atoms. The van der Waals surface area contributed by atoms with Gasteiger partial charge in [0.2, 0.25) is 0 Å². The molecule has 0 saturated carbocycles. The van der Waals surface area contributed by atoms with Crippen molar-refractivity contribution in [1.29, 1.82) is 0 Å². The lowest BCUT2D eigenvalue weighted by molar-refractivity contribution is 0.0690. The average molecular weight is 274 g/mol. The maximum atomic E-state index is 12.1. The van der Waals surface area contributed by atoms with Gasteiger partial charge in [-0.2, -0.15) is 5.10 Å². The van der Waals surface area contributed by atoms with Crippen LogP contribution in [0.15, 0.2) is 24.5 Å². The van der Waals surface area contributed by atoms with Crippen LogP contribution in [0, 0.1) is 0 Å². The second-order valence-electron chi connectivity index (χ2n) is 4.21. The summed E-state index contributed by atoms with van der Waals surface area (Å²) in [5.74, 6) is -1.40. The molecular formula is C13H14N4O3. The fourth-order valence-electron chi connectivity index (χ4n) is 1.78. The van der Waals surface area contributed by atoms with Gasteiger partial charge in [0.1, 0.15) is 5.69 Å². The van der Waals surface area contributed by atoms with Crippen molar-refractivity contribution in [2.24, 2.45) is 7.05 Å². The highest BCUT2D eigenvalue weighted by atomic mass is 16.4. The monoisotopic (exact) mass is 274 g/mol. The van der Waals surface area contributed by atoms with Gasteiger partial charge < -0.3 is 10.4 Å². The number of aromatic carboxylic acids is 1. The SMILES string of the molecule is CCc1nn(C)cc1C(=O)Nc1ccc(C(=O)O)nc1. The van der Waals surface area contributed by atoms with E-state index in [9.17, 15) is 9.59 Å². The van der Waals surface area contributed by atoms with Crippen LogP contribution in [0.4, 0.5) is 5.69 Å². The second-order valence-corrected chi connectivity index (χ2v) is 4.21. The Bertz CT molecular complexity index is 646. The summed E-state index contributed by atoms with van der Waals surface area (Å²) in [4.78, 5) is 26.5. The molecule has 2 N–H and O–H groups in total. The third-order valence-corrected chi connectivity index (χ3v) is 2.73. The van der Waals surface area contributed by atoms with E-state index in [2.05, 4.69) is 15.4 Å². The molecule has 0 aromatic carbocycles. The summed E-state index contributed by atoms with van der Waals surface area (Å²) in [7, 11) is 1.75.